The molecule has 0 saturated heterocycles. The molecule has 1 aromatic rings. The summed E-state index contributed by atoms with van der Waals surface area (Å²) < 4.78 is 32.1. The molecule has 0 saturated carbocycles. The summed E-state index contributed by atoms with van der Waals surface area (Å²) >= 11 is 0. The highest BCUT2D eigenvalue weighted by atomic mass is 19.2. The van der Waals surface area contributed by atoms with E-state index in [1.54, 1.807) is 6.92 Å². The lowest BCUT2D eigenvalue weighted by Gasteiger charge is -2.28. The van der Waals surface area contributed by atoms with Crippen molar-refractivity contribution >= 4 is 11.5 Å². The van der Waals surface area contributed by atoms with Gasteiger partial charge in [0, 0.05) is 11.8 Å². The second kappa shape index (κ2) is 7.47. The Morgan fingerprint density at radius 1 is 1.45 bits per heavy atom. The fraction of sp³-hybridized carbons (Fsp3) is 0.529. The minimum atomic E-state index is -1.07. The summed E-state index contributed by atoms with van der Waals surface area (Å²) in [6.07, 6.45) is 5.98. The van der Waals surface area contributed by atoms with Crippen molar-refractivity contribution in [1.82, 2.24) is 4.98 Å². The van der Waals surface area contributed by atoms with Crippen LogP contribution in [0.25, 0.3) is 5.57 Å². The van der Waals surface area contributed by atoms with Crippen molar-refractivity contribution in [3.63, 3.8) is 0 Å². The molecule has 0 N–H and O–H groups in total. The van der Waals surface area contributed by atoms with Gasteiger partial charge < -0.3 is 4.74 Å². The van der Waals surface area contributed by atoms with Crippen LogP contribution in [0.3, 0.4) is 0 Å². The fourth-order valence-electron chi connectivity index (χ4n) is 3.07. The van der Waals surface area contributed by atoms with E-state index in [2.05, 4.69) is 4.98 Å². The van der Waals surface area contributed by atoms with Gasteiger partial charge in [-0.3, -0.25) is 4.79 Å². The van der Waals surface area contributed by atoms with E-state index in [-0.39, 0.29) is 23.4 Å². The summed E-state index contributed by atoms with van der Waals surface area (Å²) in [5, 5.41) is 0. The highest BCUT2D eigenvalue weighted by molar-refractivity contribution is 5.73. The van der Waals surface area contributed by atoms with Crippen molar-refractivity contribution in [1.29, 1.82) is 0 Å². The van der Waals surface area contributed by atoms with Crippen LogP contribution in [0.2, 0.25) is 0 Å². The summed E-state index contributed by atoms with van der Waals surface area (Å²) in [5.41, 5.74) is 1.06. The van der Waals surface area contributed by atoms with Crippen LogP contribution >= 0.6 is 0 Å². The SMILES string of the molecule is CCOC(=O)C(CC)C1CC=C(c2ccnc(F)c2F)CC1. The van der Waals surface area contributed by atoms with Crippen LogP contribution in [-0.4, -0.2) is 17.6 Å². The van der Waals surface area contributed by atoms with Gasteiger partial charge in [0.25, 0.3) is 0 Å². The van der Waals surface area contributed by atoms with Gasteiger partial charge in [-0.05, 0) is 50.2 Å². The van der Waals surface area contributed by atoms with Gasteiger partial charge in [-0.25, -0.2) is 9.37 Å². The number of pyridine rings is 1. The Morgan fingerprint density at radius 2 is 2.23 bits per heavy atom. The molecule has 0 amide bonds. The lowest BCUT2D eigenvalue weighted by molar-refractivity contribution is -0.150. The molecule has 0 bridgehead atoms. The number of hydrogen-bond acceptors (Lipinski definition) is 3. The van der Waals surface area contributed by atoms with Crippen molar-refractivity contribution in [3.8, 4) is 0 Å². The first-order chi connectivity index (χ1) is 10.6. The van der Waals surface area contributed by atoms with Crippen LogP contribution in [0.4, 0.5) is 8.78 Å². The molecule has 2 rings (SSSR count). The van der Waals surface area contributed by atoms with Gasteiger partial charge in [0.2, 0.25) is 5.95 Å². The molecular weight excluding hydrogens is 288 g/mol. The van der Waals surface area contributed by atoms with E-state index in [0.717, 1.165) is 18.4 Å². The number of esters is 1. The molecule has 1 aromatic heterocycles. The lowest BCUT2D eigenvalue weighted by Crippen LogP contribution is -2.26. The molecule has 2 unspecified atom stereocenters. The normalized spacial score (nSPS) is 19.5. The summed E-state index contributed by atoms with van der Waals surface area (Å²) in [6, 6.07) is 1.49. The van der Waals surface area contributed by atoms with Crippen LogP contribution in [-0.2, 0) is 9.53 Å². The monoisotopic (exact) mass is 309 g/mol. The number of rotatable bonds is 5. The van der Waals surface area contributed by atoms with E-state index in [1.807, 2.05) is 13.0 Å². The molecule has 0 spiro atoms. The van der Waals surface area contributed by atoms with Crippen LogP contribution < -0.4 is 0 Å². The minimum Gasteiger partial charge on any atom is -0.466 e. The number of nitrogens with zero attached hydrogens (tertiary/aromatic N) is 1. The van der Waals surface area contributed by atoms with E-state index in [4.69, 9.17) is 4.74 Å². The molecule has 0 aliphatic heterocycles. The first kappa shape index (κ1) is 16.6. The Kier molecular flexibility index (Phi) is 5.63. The summed E-state index contributed by atoms with van der Waals surface area (Å²) in [4.78, 5) is 15.3. The van der Waals surface area contributed by atoms with Crippen molar-refractivity contribution in [3.05, 3.63) is 35.7 Å². The minimum absolute atomic E-state index is 0.128. The number of carbonyl (C=O) groups excluding carboxylic acids is 1. The molecule has 1 aliphatic rings. The van der Waals surface area contributed by atoms with Crippen molar-refractivity contribution in [2.75, 3.05) is 6.61 Å². The largest absolute Gasteiger partial charge is 0.466 e. The molecule has 22 heavy (non-hydrogen) atoms. The molecule has 0 fully saturated rings. The third-order valence-electron chi connectivity index (χ3n) is 4.24. The zero-order valence-electron chi connectivity index (χ0n) is 12.9. The Morgan fingerprint density at radius 3 is 2.82 bits per heavy atom. The van der Waals surface area contributed by atoms with Crippen molar-refractivity contribution < 1.29 is 18.3 Å². The molecule has 3 nitrogen and oxygen atoms in total. The molecular formula is C17H21F2NO2. The second-order valence-electron chi connectivity index (χ2n) is 5.49. The maximum absolute atomic E-state index is 13.8. The highest BCUT2D eigenvalue weighted by Crippen LogP contribution is 2.36. The van der Waals surface area contributed by atoms with Crippen LogP contribution in [0.5, 0.6) is 0 Å². The standard InChI is InChI=1S/C17H21F2NO2/c1-3-13(17(21)22-4-2)11-5-7-12(8-6-11)14-9-10-20-16(19)15(14)18/h7,9-11,13H,3-6,8H2,1-2H3. The van der Waals surface area contributed by atoms with E-state index in [9.17, 15) is 13.6 Å². The van der Waals surface area contributed by atoms with Crippen molar-refractivity contribution in [2.24, 2.45) is 11.8 Å². The van der Waals surface area contributed by atoms with Gasteiger partial charge in [-0.15, -0.1) is 0 Å². The van der Waals surface area contributed by atoms with Gasteiger partial charge in [0.1, 0.15) is 0 Å². The summed E-state index contributed by atoms with van der Waals surface area (Å²) in [7, 11) is 0. The van der Waals surface area contributed by atoms with Gasteiger partial charge in [-0.2, -0.15) is 4.39 Å². The third-order valence-corrected chi connectivity index (χ3v) is 4.24. The van der Waals surface area contributed by atoms with Crippen molar-refractivity contribution in [2.45, 2.75) is 39.5 Å². The Labute approximate surface area is 129 Å². The maximum atomic E-state index is 13.8. The number of aromatic nitrogens is 1. The second-order valence-corrected chi connectivity index (χ2v) is 5.49. The molecule has 1 heterocycles. The fourth-order valence-corrected chi connectivity index (χ4v) is 3.07. The average Bonchev–Trinajstić information content (AvgIpc) is 2.52. The van der Waals surface area contributed by atoms with Crippen LogP contribution in [0.15, 0.2) is 18.3 Å². The Hall–Kier alpha value is -1.78. The van der Waals surface area contributed by atoms with Crippen LogP contribution in [0.1, 0.15) is 45.1 Å². The first-order valence-corrected chi connectivity index (χ1v) is 7.74. The molecule has 2 atom stereocenters. The molecule has 120 valence electrons. The topological polar surface area (TPSA) is 39.2 Å². The number of carbonyl (C=O) groups is 1. The van der Waals surface area contributed by atoms with E-state index in [1.165, 1.54) is 12.3 Å². The Bertz CT molecular complexity index is 572. The number of halogens is 2. The quantitative estimate of drug-likeness (QED) is 0.606. The number of hydrogen-bond donors (Lipinski definition) is 0. The van der Waals surface area contributed by atoms with Gasteiger partial charge in [0.15, 0.2) is 5.82 Å². The predicted molar refractivity (Wildman–Crippen MR) is 79.9 cm³/mol. The van der Waals surface area contributed by atoms with Gasteiger partial charge >= 0.3 is 5.97 Å². The highest BCUT2D eigenvalue weighted by Gasteiger charge is 2.30. The van der Waals surface area contributed by atoms with Gasteiger partial charge in [-0.1, -0.05) is 13.0 Å². The van der Waals surface area contributed by atoms with E-state index in [0.29, 0.717) is 19.4 Å². The lowest BCUT2D eigenvalue weighted by atomic mass is 9.78. The summed E-state index contributed by atoms with van der Waals surface area (Å²) in [6.45, 7) is 4.15. The molecule has 0 aromatic carbocycles. The molecule has 5 heteroatoms. The summed E-state index contributed by atoms with van der Waals surface area (Å²) in [5.74, 6) is -2.06. The van der Waals surface area contributed by atoms with E-state index < -0.39 is 11.8 Å². The number of ether oxygens (including phenoxy) is 1. The Balaban J connectivity index is 2.11. The zero-order valence-corrected chi connectivity index (χ0v) is 12.9. The third kappa shape index (κ3) is 3.51. The molecule has 0 radical (unpaired) electrons. The average molecular weight is 309 g/mol. The van der Waals surface area contributed by atoms with Gasteiger partial charge in [0.05, 0.1) is 12.5 Å². The zero-order chi connectivity index (χ0) is 16.1. The predicted octanol–water partition coefficient (Wildman–Crippen LogP) is 4.13. The molecule has 1 aliphatic carbocycles. The van der Waals surface area contributed by atoms with Crippen LogP contribution in [0, 0.1) is 23.6 Å². The van der Waals surface area contributed by atoms with E-state index >= 15 is 0 Å². The smallest absolute Gasteiger partial charge is 0.309 e. The first-order valence-electron chi connectivity index (χ1n) is 7.74. The number of allylic oxidation sites excluding steroid dienone is 2. The maximum Gasteiger partial charge on any atom is 0.309 e.